The van der Waals surface area contributed by atoms with Gasteiger partial charge in [-0.1, -0.05) is 12.8 Å². The molecule has 0 bridgehead atoms. The SMILES string of the molecule is C/C1=C(\O[Si](C)(C)C)CCCCCC1. The van der Waals surface area contributed by atoms with E-state index in [1.807, 2.05) is 0 Å². The average molecular weight is 212 g/mol. The molecule has 0 N–H and O–H groups in total. The molecule has 0 aromatic heterocycles. The highest BCUT2D eigenvalue weighted by Gasteiger charge is 2.19. The molecule has 0 aromatic rings. The number of rotatable bonds is 2. The summed E-state index contributed by atoms with van der Waals surface area (Å²) in [6.45, 7) is 9.06. The summed E-state index contributed by atoms with van der Waals surface area (Å²) < 4.78 is 6.14. The standard InChI is InChI=1S/C12H24OSi/c1-11-9-7-5-6-8-10-12(11)13-14(2,3)4/h5-10H2,1-4H3/b12-11+. The highest BCUT2D eigenvalue weighted by Crippen LogP contribution is 2.25. The molecule has 0 spiro atoms. The van der Waals surface area contributed by atoms with E-state index in [9.17, 15) is 0 Å². The van der Waals surface area contributed by atoms with Crippen LogP contribution in [0.5, 0.6) is 0 Å². The van der Waals surface area contributed by atoms with Crippen molar-refractivity contribution in [1.82, 2.24) is 0 Å². The van der Waals surface area contributed by atoms with Crippen molar-refractivity contribution in [2.45, 2.75) is 65.1 Å². The first kappa shape index (κ1) is 11.8. The van der Waals surface area contributed by atoms with Gasteiger partial charge in [0.25, 0.3) is 0 Å². The van der Waals surface area contributed by atoms with Crippen molar-refractivity contribution in [2.75, 3.05) is 0 Å². The molecule has 1 rings (SSSR count). The predicted octanol–water partition coefficient (Wildman–Crippen LogP) is 4.47. The summed E-state index contributed by atoms with van der Waals surface area (Å²) in [5.41, 5.74) is 1.51. The van der Waals surface area contributed by atoms with Crippen LogP contribution in [0.15, 0.2) is 11.3 Å². The van der Waals surface area contributed by atoms with E-state index in [4.69, 9.17) is 4.43 Å². The predicted molar refractivity (Wildman–Crippen MR) is 64.8 cm³/mol. The monoisotopic (exact) mass is 212 g/mol. The normalized spacial score (nSPS) is 25.4. The number of hydrogen-bond donors (Lipinski definition) is 0. The molecule has 1 aliphatic rings. The maximum Gasteiger partial charge on any atom is 0.241 e. The Hall–Kier alpha value is -0.243. The van der Waals surface area contributed by atoms with Crippen molar-refractivity contribution < 1.29 is 4.43 Å². The molecule has 82 valence electrons. The van der Waals surface area contributed by atoms with Crippen LogP contribution in [0.3, 0.4) is 0 Å². The lowest BCUT2D eigenvalue weighted by molar-refractivity contribution is 0.375. The Morgan fingerprint density at radius 1 is 0.929 bits per heavy atom. The van der Waals surface area contributed by atoms with Gasteiger partial charge in [-0.05, 0) is 51.4 Å². The van der Waals surface area contributed by atoms with E-state index in [0.717, 1.165) is 0 Å². The number of hydrogen-bond acceptors (Lipinski definition) is 1. The van der Waals surface area contributed by atoms with Gasteiger partial charge in [0.1, 0.15) is 0 Å². The fraction of sp³-hybridized carbons (Fsp3) is 0.833. The zero-order chi connectivity index (χ0) is 10.6. The van der Waals surface area contributed by atoms with Gasteiger partial charge in [0.05, 0.1) is 5.76 Å². The van der Waals surface area contributed by atoms with Crippen molar-refractivity contribution in [2.24, 2.45) is 0 Å². The fourth-order valence-electron chi connectivity index (χ4n) is 1.89. The van der Waals surface area contributed by atoms with Gasteiger partial charge in [-0.2, -0.15) is 0 Å². The van der Waals surface area contributed by atoms with E-state index in [0.29, 0.717) is 0 Å². The molecule has 2 heteroatoms. The number of allylic oxidation sites excluding steroid dienone is 2. The third kappa shape index (κ3) is 4.31. The minimum Gasteiger partial charge on any atom is -0.547 e. The Bertz CT molecular complexity index is 213. The van der Waals surface area contributed by atoms with Crippen molar-refractivity contribution in [1.29, 1.82) is 0 Å². The van der Waals surface area contributed by atoms with E-state index >= 15 is 0 Å². The highest BCUT2D eigenvalue weighted by molar-refractivity contribution is 6.70. The molecular weight excluding hydrogens is 188 g/mol. The van der Waals surface area contributed by atoms with E-state index in [-0.39, 0.29) is 0 Å². The van der Waals surface area contributed by atoms with Crippen molar-refractivity contribution >= 4 is 8.32 Å². The molecular formula is C12H24OSi. The average Bonchev–Trinajstić information content (AvgIpc) is 2.03. The molecule has 0 heterocycles. The van der Waals surface area contributed by atoms with Crippen LogP contribution in [0.25, 0.3) is 0 Å². The molecule has 0 radical (unpaired) electrons. The van der Waals surface area contributed by atoms with Gasteiger partial charge < -0.3 is 4.43 Å². The Morgan fingerprint density at radius 3 is 2.07 bits per heavy atom. The Labute approximate surface area is 89.7 Å². The summed E-state index contributed by atoms with van der Waals surface area (Å²) in [5, 5.41) is 0. The van der Waals surface area contributed by atoms with Gasteiger partial charge in [-0.15, -0.1) is 0 Å². The lowest BCUT2D eigenvalue weighted by atomic mass is 10.00. The zero-order valence-corrected chi connectivity index (χ0v) is 11.2. The minimum absolute atomic E-state index is 1.18. The summed E-state index contributed by atoms with van der Waals surface area (Å²) in [6, 6.07) is 0. The van der Waals surface area contributed by atoms with Crippen LogP contribution in [-0.2, 0) is 4.43 Å². The van der Waals surface area contributed by atoms with Crippen LogP contribution in [0.1, 0.15) is 45.4 Å². The van der Waals surface area contributed by atoms with E-state index in [1.54, 1.807) is 0 Å². The summed E-state index contributed by atoms with van der Waals surface area (Å²) in [5.74, 6) is 1.32. The molecule has 0 saturated carbocycles. The van der Waals surface area contributed by atoms with Gasteiger partial charge in [0.15, 0.2) is 0 Å². The molecule has 1 aliphatic carbocycles. The molecule has 0 amide bonds. The molecule has 0 fully saturated rings. The quantitative estimate of drug-likeness (QED) is 0.614. The Balaban J connectivity index is 2.65. The van der Waals surface area contributed by atoms with Gasteiger partial charge in [0.2, 0.25) is 8.32 Å². The molecule has 0 aromatic carbocycles. The molecule has 1 nitrogen and oxygen atoms in total. The zero-order valence-electron chi connectivity index (χ0n) is 10.2. The molecule has 14 heavy (non-hydrogen) atoms. The van der Waals surface area contributed by atoms with Crippen LogP contribution in [-0.4, -0.2) is 8.32 Å². The van der Waals surface area contributed by atoms with Gasteiger partial charge >= 0.3 is 0 Å². The van der Waals surface area contributed by atoms with Crippen LogP contribution in [0.2, 0.25) is 19.6 Å². The summed E-state index contributed by atoms with van der Waals surface area (Å²) >= 11 is 0. The molecule has 0 atom stereocenters. The van der Waals surface area contributed by atoms with E-state index < -0.39 is 8.32 Å². The van der Waals surface area contributed by atoms with Gasteiger partial charge in [-0.25, -0.2) is 0 Å². The lowest BCUT2D eigenvalue weighted by Crippen LogP contribution is -2.25. The van der Waals surface area contributed by atoms with Crippen LogP contribution >= 0.6 is 0 Å². The third-order valence-corrected chi connectivity index (χ3v) is 3.47. The topological polar surface area (TPSA) is 9.23 Å². The second-order valence-corrected chi connectivity index (χ2v) is 9.76. The smallest absolute Gasteiger partial charge is 0.241 e. The fourth-order valence-corrected chi connectivity index (χ4v) is 2.91. The van der Waals surface area contributed by atoms with Gasteiger partial charge in [-0.3, -0.25) is 0 Å². The molecule has 0 unspecified atom stereocenters. The molecule has 0 saturated heterocycles. The first-order chi connectivity index (χ1) is 6.49. The van der Waals surface area contributed by atoms with Crippen molar-refractivity contribution in [3.05, 3.63) is 11.3 Å². The second-order valence-electron chi connectivity index (χ2n) is 5.33. The first-order valence-electron chi connectivity index (χ1n) is 5.87. The summed E-state index contributed by atoms with van der Waals surface area (Å²) in [7, 11) is -1.38. The van der Waals surface area contributed by atoms with E-state index in [1.165, 1.54) is 49.9 Å². The summed E-state index contributed by atoms with van der Waals surface area (Å²) in [4.78, 5) is 0. The summed E-state index contributed by atoms with van der Waals surface area (Å²) in [6.07, 6.45) is 7.88. The Kier molecular flexibility index (Phi) is 4.23. The maximum absolute atomic E-state index is 6.14. The van der Waals surface area contributed by atoms with Crippen molar-refractivity contribution in [3.8, 4) is 0 Å². The lowest BCUT2D eigenvalue weighted by Gasteiger charge is -2.25. The second kappa shape index (κ2) is 5.01. The van der Waals surface area contributed by atoms with Crippen molar-refractivity contribution in [3.63, 3.8) is 0 Å². The third-order valence-electron chi connectivity index (χ3n) is 2.61. The first-order valence-corrected chi connectivity index (χ1v) is 9.27. The largest absolute Gasteiger partial charge is 0.547 e. The Morgan fingerprint density at radius 2 is 1.50 bits per heavy atom. The molecule has 0 aliphatic heterocycles. The maximum atomic E-state index is 6.14. The van der Waals surface area contributed by atoms with Crippen LogP contribution in [0, 0.1) is 0 Å². The van der Waals surface area contributed by atoms with E-state index in [2.05, 4.69) is 26.6 Å². The van der Waals surface area contributed by atoms with Gasteiger partial charge in [0, 0.05) is 6.42 Å². The highest BCUT2D eigenvalue weighted by atomic mass is 28.4. The van der Waals surface area contributed by atoms with Crippen LogP contribution < -0.4 is 0 Å². The minimum atomic E-state index is -1.38. The van der Waals surface area contributed by atoms with Crippen LogP contribution in [0.4, 0.5) is 0 Å².